The number of nitrogens with zero attached hydrogens (tertiary/aromatic N) is 1. The minimum absolute atomic E-state index is 0. The van der Waals surface area contributed by atoms with Gasteiger partial charge >= 0.3 is 0 Å². The number of halogens is 2. The Hall–Kier alpha value is -1.48. The number of nitrogens with one attached hydrogen (secondary N) is 1. The van der Waals surface area contributed by atoms with Crippen molar-refractivity contribution in [2.24, 2.45) is 10.7 Å². The van der Waals surface area contributed by atoms with Crippen molar-refractivity contribution in [1.29, 1.82) is 0 Å². The molecule has 0 saturated heterocycles. The molecule has 124 valence electrons. The molecule has 2 aromatic rings. The standard InChI is InChI=1S/C16H18BrN3O2.HI/c1-21-14-7-5-13(6-8-14)20-16(18)19-9-10-22-15-4-2-3-12(17)11-15;/h2-8,11H,9-10H2,1H3,(H3,18,19,20);1H. The molecular formula is C16H19BrIN3O2. The Morgan fingerprint density at radius 3 is 2.57 bits per heavy atom. The summed E-state index contributed by atoms with van der Waals surface area (Å²) in [6.07, 6.45) is 0. The van der Waals surface area contributed by atoms with Crippen LogP contribution in [0.1, 0.15) is 0 Å². The second kappa shape index (κ2) is 10.3. The van der Waals surface area contributed by atoms with Crippen molar-refractivity contribution in [2.45, 2.75) is 0 Å². The SMILES string of the molecule is COc1ccc(NC(N)=NCCOc2cccc(Br)c2)cc1.I. The Kier molecular flexibility index (Phi) is 8.78. The molecule has 5 nitrogen and oxygen atoms in total. The quantitative estimate of drug-likeness (QED) is 0.278. The summed E-state index contributed by atoms with van der Waals surface area (Å²) in [4.78, 5) is 4.21. The fraction of sp³-hybridized carbons (Fsp3) is 0.188. The van der Waals surface area contributed by atoms with E-state index in [1.54, 1.807) is 7.11 Å². The highest BCUT2D eigenvalue weighted by molar-refractivity contribution is 14.0. The van der Waals surface area contributed by atoms with Crippen LogP contribution in [0.5, 0.6) is 11.5 Å². The lowest BCUT2D eigenvalue weighted by atomic mass is 10.3. The minimum Gasteiger partial charge on any atom is -0.497 e. The molecule has 2 aromatic carbocycles. The molecule has 0 unspecified atom stereocenters. The number of nitrogens with two attached hydrogens (primary N) is 1. The van der Waals surface area contributed by atoms with Crippen LogP contribution in [-0.4, -0.2) is 26.2 Å². The molecule has 0 saturated carbocycles. The first kappa shape index (κ1) is 19.6. The lowest BCUT2D eigenvalue weighted by Crippen LogP contribution is -2.23. The molecule has 23 heavy (non-hydrogen) atoms. The van der Waals surface area contributed by atoms with E-state index < -0.39 is 0 Å². The van der Waals surface area contributed by atoms with Crippen LogP contribution in [0.3, 0.4) is 0 Å². The van der Waals surface area contributed by atoms with Crippen LogP contribution in [0.25, 0.3) is 0 Å². The summed E-state index contributed by atoms with van der Waals surface area (Å²) in [6, 6.07) is 15.1. The maximum absolute atomic E-state index is 5.82. The largest absolute Gasteiger partial charge is 0.497 e. The number of hydrogen-bond donors (Lipinski definition) is 2. The summed E-state index contributed by atoms with van der Waals surface area (Å²) in [5.41, 5.74) is 6.68. The lowest BCUT2D eigenvalue weighted by Gasteiger charge is -2.07. The van der Waals surface area contributed by atoms with E-state index in [1.165, 1.54) is 0 Å². The fourth-order valence-electron chi connectivity index (χ4n) is 1.75. The number of ether oxygens (including phenoxy) is 2. The van der Waals surface area contributed by atoms with Crippen molar-refractivity contribution < 1.29 is 9.47 Å². The number of hydrogen-bond acceptors (Lipinski definition) is 3. The van der Waals surface area contributed by atoms with Gasteiger partial charge in [0.15, 0.2) is 5.96 Å². The molecule has 0 atom stereocenters. The van der Waals surface area contributed by atoms with Gasteiger partial charge < -0.3 is 20.5 Å². The predicted molar refractivity (Wildman–Crippen MR) is 108 cm³/mol. The van der Waals surface area contributed by atoms with E-state index in [-0.39, 0.29) is 24.0 Å². The molecule has 0 aliphatic carbocycles. The first-order valence-electron chi connectivity index (χ1n) is 6.77. The lowest BCUT2D eigenvalue weighted by molar-refractivity contribution is 0.328. The number of methoxy groups -OCH3 is 1. The van der Waals surface area contributed by atoms with Gasteiger partial charge in [-0.2, -0.15) is 0 Å². The van der Waals surface area contributed by atoms with Crippen molar-refractivity contribution >= 4 is 51.6 Å². The Morgan fingerprint density at radius 1 is 1.17 bits per heavy atom. The highest BCUT2D eigenvalue weighted by atomic mass is 127. The first-order valence-corrected chi connectivity index (χ1v) is 7.56. The smallest absolute Gasteiger partial charge is 0.193 e. The first-order chi connectivity index (χ1) is 10.7. The molecule has 0 aliphatic rings. The van der Waals surface area contributed by atoms with Crippen LogP contribution in [0.4, 0.5) is 5.69 Å². The third-order valence-electron chi connectivity index (χ3n) is 2.80. The molecule has 0 amide bonds. The zero-order chi connectivity index (χ0) is 15.8. The van der Waals surface area contributed by atoms with Crippen molar-refractivity contribution in [1.82, 2.24) is 0 Å². The molecule has 0 fully saturated rings. The van der Waals surface area contributed by atoms with Gasteiger partial charge in [-0.3, -0.25) is 0 Å². The van der Waals surface area contributed by atoms with Crippen LogP contribution >= 0.6 is 39.9 Å². The Bertz CT molecular complexity index is 635. The van der Waals surface area contributed by atoms with Crippen LogP contribution in [0.2, 0.25) is 0 Å². The third kappa shape index (κ3) is 7.08. The number of guanidine groups is 1. The fourth-order valence-corrected chi connectivity index (χ4v) is 2.13. The highest BCUT2D eigenvalue weighted by Gasteiger charge is 1.97. The van der Waals surface area contributed by atoms with Crippen molar-refractivity contribution in [2.75, 3.05) is 25.6 Å². The van der Waals surface area contributed by atoms with Crippen LogP contribution in [0, 0.1) is 0 Å². The zero-order valence-corrected chi connectivity index (χ0v) is 16.6. The van der Waals surface area contributed by atoms with Gasteiger partial charge in [0, 0.05) is 10.2 Å². The molecular weight excluding hydrogens is 473 g/mol. The van der Waals surface area contributed by atoms with Gasteiger partial charge in [0.1, 0.15) is 18.1 Å². The van der Waals surface area contributed by atoms with E-state index >= 15 is 0 Å². The number of rotatable bonds is 6. The van der Waals surface area contributed by atoms with Crippen LogP contribution in [-0.2, 0) is 0 Å². The highest BCUT2D eigenvalue weighted by Crippen LogP contribution is 2.17. The van der Waals surface area contributed by atoms with Crippen molar-refractivity contribution in [3.8, 4) is 11.5 Å². The summed E-state index contributed by atoms with van der Waals surface area (Å²) in [5.74, 6) is 1.94. The Labute approximate surface area is 161 Å². The minimum atomic E-state index is 0. The maximum Gasteiger partial charge on any atom is 0.193 e. The van der Waals surface area contributed by atoms with Gasteiger partial charge in [-0.25, -0.2) is 4.99 Å². The van der Waals surface area contributed by atoms with E-state index in [0.29, 0.717) is 19.1 Å². The van der Waals surface area contributed by atoms with Crippen molar-refractivity contribution in [3.05, 3.63) is 53.0 Å². The summed E-state index contributed by atoms with van der Waals surface area (Å²) >= 11 is 3.40. The Morgan fingerprint density at radius 2 is 1.91 bits per heavy atom. The van der Waals surface area contributed by atoms with Crippen LogP contribution in [0.15, 0.2) is 58.0 Å². The number of benzene rings is 2. The summed E-state index contributed by atoms with van der Waals surface area (Å²) in [6.45, 7) is 0.933. The summed E-state index contributed by atoms with van der Waals surface area (Å²) < 4.78 is 11.7. The third-order valence-corrected chi connectivity index (χ3v) is 3.29. The summed E-state index contributed by atoms with van der Waals surface area (Å²) in [5, 5.41) is 3.01. The van der Waals surface area contributed by atoms with Gasteiger partial charge in [0.05, 0.1) is 13.7 Å². The van der Waals surface area contributed by atoms with Gasteiger partial charge in [-0.05, 0) is 42.5 Å². The number of anilines is 1. The number of aliphatic imine (C=N–C) groups is 1. The monoisotopic (exact) mass is 491 g/mol. The van der Waals surface area contributed by atoms with E-state index in [0.717, 1.165) is 21.7 Å². The van der Waals surface area contributed by atoms with Gasteiger partial charge in [0.25, 0.3) is 0 Å². The molecule has 2 rings (SSSR count). The van der Waals surface area contributed by atoms with Gasteiger partial charge in [0.2, 0.25) is 0 Å². The van der Waals surface area contributed by atoms with Gasteiger partial charge in [-0.15, -0.1) is 24.0 Å². The van der Waals surface area contributed by atoms with E-state index in [9.17, 15) is 0 Å². The second-order valence-electron chi connectivity index (χ2n) is 4.43. The molecule has 0 heterocycles. The van der Waals surface area contributed by atoms with Crippen LogP contribution < -0.4 is 20.5 Å². The summed E-state index contributed by atoms with van der Waals surface area (Å²) in [7, 11) is 1.63. The topological polar surface area (TPSA) is 68.9 Å². The molecule has 0 aliphatic heterocycles. The van der Waals surface area contributed by atoms with Gasteiger partial charge in [-0.1, -0.05) is 22.0 Å². The molecule has 0 spiro atoms. The molecule has 0 bridgehead atoms. The van der Waals surface area contributed by atoms with E-state index in [2.05, 4.69) is 26.2 Å². The predicted octanol–water partition coefficient (Wildman–Crippen LogP) is 3.88. The molecule has 7 heteroatoms. The Balaban J connectivity index is 0.00000264. The van der Waals surface area contributed by atoms with E-state index in [1.807, 2.05) is 48.5 Å². The van der Waals surface area contributed by atoms with E-state index in [4.69, 9.17) is 15.2 Å². The maximum atomic E-state index is 5.82. The average Bonchev–Trinajstić information content (AvgIpc) is 2.52. The zero-order valence-electron chi connectivity index (χ0n) is 12.7. The normalized spacial score (nSPS) is 10.6. The average molecular weight is 492 g/mol. The van der Waals surface area contributed by atoms with Crippen molar-refractivity contribution in [3.63, 3.8) is 0 Å². The molecule has 0 aromatic heterocycles. The molecule has 3 N–H and O–H groups in total. The second-order valence-corrected chi connectivity index (χ2v) is 5.34. The molecule has 0 radical (unpaired) electrons.